The smallest absolute Gasteiger partial charge is 0.253 e. The van der Waals surface area contributed by atoms with E-state index in [-0.39, 0.29) is 11.9 Å². The van der Waals surface area contributed by atoms with Gasteiger partial charge in [0, 0.05) is 29.7 Å². The summed E-state index contributed by atoms with van der Waals surface area (Å²) in [6.07, 6.45) is 1.01. The zero-order valence-corrected chi connectivity index (χ0v) is 11.9. The second kappa shape index (κ2) is 5.38. The summed E-state index contributed by atoms with van der Waals surface area (Å²) in [5.41, 5.74) is 0.632. The summed E-state index contributed by atoms with van der Waals surface area (Å²) in [7, 11) is 1.84. The third-order valence-corrected chi connectivity index (χ3v) is 4.30. The second-order valence-electron chi connectivity index (χ2n) is 4.19. The first-order chi connectivity index (χ1) is 8.09. The van der Waals surface area contributed by atoms with Crippen LogP contribution in [0.4, 0.5) is 0 Å². The van der Waals surface area contributed by atoms with Crippen LogP contribution >= 0.6 is 27.5 Å². The van der Waals surface area contributed by atoms with Crippen molar-refractivity contribution in [3.8, 4) is 0 Å². The first-order valence-corrected chi connectivity index (χ1v) is 6.69. The molecule has 1 fully saturated rings. The van der Waals surface area contributed by atoms with Gasteiger partial charge in [-0.15, -0.1) is 0 Å². The molecule has 0 spiro atoms. The lowest BCUT2D eigenvalue weighted by Crippen LogP contribution is -2.38. The number of hydrogen-bond acceptors (Lipinski definition) is 2. The van der Waals surface area contributed by atoms with Gasteiger partial charge in [0.05, 0.1) is 5.02 Å². The molecule has 0 aromatic heterocycles. The standard InChI is InChI=1S/C12H14BrClN2O/c1-16(9-4-5-15-7-9)12(17)8-2-3-10(13)11(14)6-8/h2-3,6,9,15H,4-5,7H2,1H3. The first kappa shape index (κ1) is 12.9. The van der Waals surface area contributed by atoms with E-state index in [1.807, 2.05) is 7.05 Å². The van der Waals surface area contributed by atoms with Gasteiger partial charge in [-0.3, -0.25) is 4.79 Å². The number of nitrogens with zero attached hydrogens (tertiary/aromatic N) is 1. The van der Waals surface area contributed by atoms with Crippen molar-refractivity contribution in [3.05, 3.63) is 33.3 Å². The third-order valence-electron chi connectivity index (χ3n) is 3.07. The van der Waals surface area contributed by atoms with E-state index in [1.165, 1.54) is 0 Å². The monoisotopic (exact) mass is 316 g/mol. The number of amides is 1. The van der Waals surface area contributed by atoms with Crippen LogP contribution in [0.3, 0.4) is 0 Å². The van der Waals surface area contributed by atoms with E-state index in [2.05, 4.69) is 21.2 Å². The van der Waals surface area contributed by atoms with Gasteiger partial charge in [0.1, 0.15) is 0 Å². The molecule has 1 atom stereocenters. The van der Waals surface area contributed by atoms with Crippen molar-refractivity contribution in [3.63, 3.8) is 0 Å². The Morgan fingerprint density at radius 2 is 2.35 bits per heavy atom. The highest BCUT2D eigenvalue weighted by Crippen LogP contribution is 2.24. The van der Waals surface area contributed by atoms with E-state index in [1.54, 1.807) is 23.1 Å². The van der Waals surface area contributed by atoms with Crippen LogP contribution in [-0.4, -0.2) is 37.0 Å². The molecule has 0 bridgehead atoms. The van der Waals surface area contributed by atoms with E-state index in [9.17, 15) is 4.79 Å². The van der Waals surface area contributed by atoms with Crippen molar-refractivity contribution in [1.29, 1.82) is 0 Å². The maximum Gasteiger partial charge on any atom is 0.253 e. The van der Waals surface area contributed by atoms with E-state index in [0.717, 1.165) is 24.0 Å². The summed E-state index contributed by atoms with van der Waals surface area (Å²) in [5, 5.41) is 3.82. The zero-order valence-electron chi connectivity index (χ0n) is 9.54. The van der Waals surface area contributed by atoms with Crippen molar-refractivity contribution in [2.45, 2.75) is 12.5 Å². The molecule has 1 N–H and O–H groups in total. The Hall–Kier alpha value is -0.580. The first-order valence-electron chi connectivity index (χ1n) is 5.52. The molecule has 1 amide bonds. The predicted octanol–water partition coefficient (Wildman–Crippen LogP) is 2.54. The van der Waals surface area contributed by atoms with E-state index in [4.69, 9.17) is 11.6 Å². The van der Waals surface area contributed by atoms with Crippen LogP contribution in [0.2, 0.25) is 5.02 Å². The maximum atomic E-state index is 12.2. The number of likely N-dealkylation sites (N-methyl/N-ethyl adjacent to an activating group) is 1. The zero-order chi connectivity index (χ0) is 12.4. The van der Waals surface area contributed by atoms with Crippen LogP contribution in [0.5, 0.6) is 0 Å². The summed E-state index contributed by atoms with van der Waals surface area (Å²) in [4.78, 5) is 14.0. The second-order valence-corrected chi connectivity index (χ2v) is 5.45. The van der Waals surface area contributed by atoms with Gasteiger partial charge in [-0.05, 0) is 47.1 Å². The molecule has 0 radical (unpaired) electrons. The number of nitrogens with one attached hydrogen (secondary N) is 1. The van der Waals surface area contributed by atoms with Crippen LogP contribution in [0.25, 0.3) is 0 Å². The molecule has 1 aromatic carbocycles. The number of carbonyl (C=O) groups excluding carboxylic acids is 1. The molecule has 2 rings (SSSR count). The van der Waals surface area contributed by atoms with Gasteiger partial charge in [-0.1, -0.05) is 11.6 Å². The largest absolute Gasteiger partial charge is 0.337 e. The van der Waals surface area contributed by atoms with Gasteiger partial charge in [-0.2, -0.15) is 0 Å². The highest BCUT2D eigenvalue weighted by atomic mass is 79.9. The molecule has 0 aliphatic carbocycles. The quantitative estimate of drug-likeness (QED) is 0.909. The van der Waals surface area contributed by atoms with Crippen molar-refractivity contribution in [2.75, 3.05) is 20.1 Å². The molecular weight excluding hydrogens is 304 g/mol. The average Bonchev–Trinajstić information content (AvgIpc) is 2.84. The van der Waals surface area contributed by atoms with Crippen molar-refractivity contribution < 1.29 is 4.79 Å². The van der Waals surface area contributed by atoms with Crippen LogP contribution in [0, 0.1) is 0 Å². The highest BCUT2D eigenvalue weighted by Gasteiger charge is 2.24. The SMILES string of the molecule is CN(C(=O)c1ccc(Br)c(Cl)c1)C1CCNC1. The highest BCUT2D eigenvalue weighted by molar-refractivity contribution is 9.10. The van der Waals surface area contributed by atoms with Gasteiger partial charge >= 0.3 is 0 Å². The predicted molar refractivity (Wildman–Crippen MR) is 72.5 cm³/mol. The molecule has 0 saturated carbocycles. The lowest BCUT2D eigenvalue weighted by molar-refractivity contribution is 0.0744. The molecule has 17 heavy (non-hydrogen) atoms. The molecular formula is C12H14BrClN2O. The van der Waals surface area contributed by atoms with Crippen LogP contribution < -0.4 is 5.32 Å². The fourth-order valence-electron chi connectivity index (χ4n) is 1.97. The molecule has 1 heterocycles. The molecule has 1 aromatic rings. The van der Waals surface area contributed by atoms with Gasteiger partial charge < -0.3 is 10.2 Å². The van der Waals surface area contributed by atoms with Crippen molar-refractivity contribution >= 4 is 33.4 Å². The summed E-state index contributed by atoms with van der Waals surface area (Å²) in [5.74, 6) is 0.0214. The van der Waals surface area contributed by atoms with E-state index >= 15 is 0 Å². The van der Waals surface area contributed by atoms with E-state index < -0.39 is 0 Å². The Kier molecular flexibility index (Phi) is 4.07. The molecule has 1 aliphatic heterocycles. The van der Waals surface area contributed by atoms with Gasteiger partial charge in [0.2, 0.25) is 0 Å². The van der Waals surface area contributed by atoms with Crippen LogP contribution in [0.15, 0.2) is 22.7 Å². The number of rotatable bonds is 2. The Morgan fingerprint density at radius 3 is 2.94 bits per heavy atom. The summed E-state index contributed by atoms with van der Waals surface area (Å²) in [6.45, 7) is 1.84. The summed E-state index contributed by atoms with van der Waals surface area (Å²) >= 11 is 9.31. The van der Waals surface area contributed by atoms with Crippen LogP contribution in [-0.2, 0) is 0 Å². The number of benzene rings is 1. The van der Waals surface area contributed by atoms with E-state index in [0.29, 0.717) is 10.6 Å². The molecule has 5 heteroatoms. The number of halogens is 2. The number of hydrogen-bond donors (Lipinski definition) is 1. The topological polar surface area (TPSA) is 32.3 Å². The van der Waals surface area contributed by atoms with Crippen molar-refractivity contribution in [1.82, 2.24) is 10.2 Å². The molecule has 1 saturated heterocycles. The minimum absolute atomic E-state index is 0.0214. The Labute approximate surface area is 114 Å². The van der Waals surface area contributed by atoms with Gasteiger partial charge in [0.15, 0.2) is 0 Å². The molecule has 92 valence electrons. The normalized spacial score (nSPS) is 19.4. The molecule has 1 aliphatic rings. The van der Waals surface area contributed by atoms with Crippen LogP contribution in [0.1, 0.15) is 16.8 Å². The lowest BCUT2D eigenvalue weighted by atomic mass is 10.1. The van der Waals surface area contributed by atoms with Crippen molar-refractivity contribution in [2.24, 2.45) is 0 Å². The molecule has 1 unspecified atom stereocenters. The minimum atomic E-state index is 0.0214. The fourth-order valence-corrected chi connectivity index (χ4v) is 2.40. The molecule has 3 nitrogen and oxygen atoms in total. The Morgan fingerprint density at radius 1 is 1.59 bits per heavy atom. The number of carbonyl (C=O) groups is 1. The summed E-state index contributed by atoms with van der Waals surface area (Å²) in [6, 6.07) is 5.57. The Balaban J connectivity index is 2.15. The maximum absolute atomic E-state index is 12.2. The summed E-state index contributed by atoms with van der Waals surface area (Å²) < 4.78 is 0.806. The fraction of sp³-hybridized carbons (Fsp3) is 0.417. The average molecular weight is 318 g/mol. The van der Waals surface area contributed by atoms with Gasteiger partial charge in [0.25, 0.3) is 5.91 Å². The Bertz CT molecular complexity index is 433. The van der Waals surface area contributed by atoms with Gasteiger partial charge in [-0.25, -0.2) is 0 Å². The lowest BCUT2D eigenvalue weighted by Gasteiger charge is -2.23. The third kappa shape index (κ3) is 2.81. The minimum Gasteiger partial charge on any atom is -0.337 e.